The molecular formula is C21H19Cl2F2N3O4. The highest BCUT2D eigenvalue weighted by molar-refractivity contribution is 6.50. The van der Waals surface area contributed by atoms with E-state index in [1.165, 1.54) is 18.2 Å². The maximum absolute atomic E-state index is 13.4. The van der Waals surface area contributed by atoms with Crippen LogP contribution in [0.3, 0.4) is 0 Å². The molecule has 0 aromatic heterocycles. The van der Waals surface area contributed by atoms with Crippen LogP contribution >= 0.6 is 23.2 Å². The second-order valence-electron chi connectivity index (χ2n) is 7.77. The molecule has 1 aromatic rings. The van der Waals surface area contributed by atoms with E-state index < -0.39 is 30.6 Å². The van der Waals surface area contributed by atoms with Crippen molar-refractivity contribution in [3.8, 4) is 5.75 Å². The highest BCUT2D eigenvalue weighted by Crippen LogP contribution is 2.36. The van der Waals surface area contributed by atoms with Crippen molar-refractivity contribution in [1.29, 1.82) is 0 Å². The average Bonchev–Trinajstić information content (AvgIpc) is 2.66. The van der Waals surface area contributed by atoms with E-state index in [9.17, 15) is 23.2 Å². The molecule has 0 spiro atoms. The molecule has 0 bridgehead atoms. The van der Waals surface area contributed by atoms with Gasteiger partial charge in [0.05, 0.1) is 16.5 Å². The molecule has 0 fully saturated rings. The second-order valence-corrected chi connectivity index (χ2v) is 8.59. The molecule has 170 valence electrons. The molecule has 3 rings (SSSR count). The third kappa shape index (κ3) is 5.39. The first-order valence-electron chi connectivity index (χ1n) is 9.62. The summed E-state index contributed by atoms with van der Waals surface area (Å²) in [5, 5.41) is 4.38. The van der Waals surface area contributed by atoms with Gasteiger partial charge in [-0.05, 0) is 18.1 Å². The summed E-state index contributed by atoms with van der Waals surface area (Å²) >= 11 is 12.6. The average molecular weight is 486 g/mol. The first-order chi connectivity index (χ1) is 14.9. The van der Waals surface area contributed by atoms with E-state index in [4.69, 9.17) is 27.9 Å². The highest BCUT2D eigenvalue weighted by Gasteiger charge is 2.34. The topological polar surface area (TPSA) is 88.4 Å². The van der Waals surface area contributed by atoms with Gasteiger partial charge in [-0.3, -0.25) is 14.4 Å². The summed E-state index contributed by atoms with van der Waals surface area (Å²) in [6.45, 7) is 3.35. The molecule has 0 unspecified atom stereocenters. The predicted molar refractivity (Wildman–Crippen MR) is 116 cm³/mol. The number of rotatable bonds is 5. The first kappa shape index (κ1) is 24.0. The second kappa shape index (κ2) is 9.07. The number of alkyl halides is 2. The Hall–Kier alpha value is -2.65. The fourth-order valence-electron chi connectivity index (χ4n) is 3.10. The Kier molecular flexibility index (Phi) is 6.80. The van der Waals surface area contributed by atoms with E-state index in [-0.39, 0.29) is 51.2 Å². The lowest BCUT2D eigenvalue weighted by molar-refractivity contribution is -0.139. The Morgan fingerprint density at radius 1 is 1.16 bits per heavy atom. The van der Waals surface area contributed by atoms with Crippen molar-refractivity contribution >= 4 is 52.3 Å². The van der Waals surface area contributed by atoms with Gasteiger partial charge in [0.25, 0.3) is 11.8 Å². The van der Waals surface area contributed by atoms with Crippen molar-refractivity contribution in [2.24, 2.45) is 16.0 Å². The minimum atomic E-state index is -3.19. The van der Waals surface area contributed by atoms with Gasteiger partial charge >= 0.3 is 0 Å². The summed E-state index contributed by atoms with van der Waals surface area (Å²) in [6, 6.07) is 2.67. The van der Waals surface area contributed by atoms with E-state index in [0.717, 1.165) is 0 Å². The van der Waals surface area contributed by atoms with Gasteiger partial charge in [0.2, 0.25) is 5.90 Å². The number of benzene rings is 1. The van der Waals surface area contributed by atoms with E-state index in [1.807, 2.05) is 13.8 Å². The standard InChI is InChI=1S/C21H19Cl2F2N3O4/c1-10(2)12-6-17(26-8-16(12)30)32-20-13(22)4-11(5-14(20)23)19-15(29)7-18(31)28(27-19)9-21(3,24)25/h4-6,10H,7-9H2,1-3H3. The van der Waals surface area contributed by atoms with Crippen molar-refractivity contribution in [3.05, 3.63) is 39.4 Å². The molecular weight excluding hydrogens is 467 g/mol. The quantitative estimate of drug-likeness (QED) is 0.587. The van der Waals surface area contributed by atoms with E-state index in [2.05, 4.69) is 10.1 Å². The SMILES string of the molecule is CC(C)C1=CC(Oc2c(Cl)cc(C3=NN(CC(C)(F)F)C(=O)CC3=O)cc2Cl)=NCC1=O. The summed E-state index contributed by atoms with van der Waals surface area (Å²) in [4.78, 5) is 40.3. The lowest BCUT2D eigenvalue weighted by Crippen LogP contribution is -2.42. The lowest BCUT2D eigenvalue weighted by atomic mass is 9.97. The number of dihydropyridines is 1. The van der Waals surface area contributed by atoms with Crippen LogP contribution in [0.25, 0.3) is 0 Å². The summed E-state index contributed by atoms with van der Waals surface area (Å²) < 4.78 is 32.4. The van der Waals surface area contributed by atoms with Gasteiger partial charge in [-0.1, -0.05) is 37.0 Å². The van der Waals surface area contributed by atoms with E-state index in [1.54, 1.807) is 0 Å². The molecule has 11 heteroatoms. The van der Waals surface area contributed by atoms with Crippen LogP contribution < -0.4 is 4.74 Å². The molecule has 0 saturated carbocycles. The third-order valence-corrected chi connectivity index (χ3v) is 5.15. The zero-order valence-electron chi connectivity index (χ0n) is 17.4. The number of ketones is 2. The van der Waals surface area contributed by atoms with Crippen LogP contribution in [-0.4, -0.2) is 53.1 Å². The number of hydrogen-bond acceptors (Lipinski definition) is 6. The zero-order valence-corrected chi connectivity index (χ0v) is 18.9. The molecule has 1 amide bonds. The molecule has 1 aromatic carbocycles. The molecule has 0 atom stereocenters. The molecule has 2 aliphatic rings. The zero-order chi connectivity index (χ0) is 23.8. The van der Waals surface area contributed by atoms with Gasteiger partial charge in [0, 0.05) is 24.1 Å². The summed E-state index contributed by atoms with van der Waals surface area (Å²) in [7, 11) is 0. The Morgan fingerprint density at radius 3 is 2.34 bits per heavy atom. The van der Waals surface area contributed by atoms with Crippen LogP contribution in [-0.2, 0) is 14.4 Å². The van der Waals surface area contributed by atoms with Gasteiger partial charge in [-0.15, -0.1) is 0 Å². The smallest absolute Gasteiger partial charge is 0.264 e. The van der Waals surface area contributed by atoms with Crippen LogP contribution in [0.2, 0.25) is 10.0 Å². The molecule has 0 saturated heterocycles. The first-order valence-corrected chi connectivity index (χ1v) is 10.4. The van der Waals surface area contributed by atoms with Crippen LogP contribution in [0.15, 0.2) is 33.9 Å². The minimum Gasteiger partial charge on any atom is -0.436 e. The molecule has 0 aliphatic carbocycles. The summed E-state index contributed by atoms with van der Waals surface area (Å²) in [6.07, 6.45) is 0.913. The number of Topliss-reactive ketones (excluding diaryl/α,β-unsaturated/α-hetero) is 2. The Labute approximate surface area is 192 Å². The number of aliphatic imine (C=N–C) groups is 1. The third-order valence-electron chi connectivity index (χ3n) is 4.59. The monoisotopic (exact) mass is 485 g/mol. The number of halogens is 4. The fraction of sp³-hybridized carbons (Fsp3) is 0.381. The van der Waals surface area contributed by atoms with Crippen molar-refractivity contribution in [3.63, 3.8) is 0 Å². The molecule has 0 radical (unpaired) electrons. The minimum absolute atomic E-state index is 0.00590. The number of carbonyl (C=O) groups is 3. The highest BCUT2D eigenvalue weighted by atomic mass is 35.5. The number of nitrogens with zero attached hydrogens (tertiary/aromatic N) is 3. The Balaban J connectivity index is 1.92. The lowest BCUT2D eigenvalue weighted by Gasteiger charge is -2.25. The molecule has 32 heavy (non-hydrogen) atoms. The molecule has 2 aliphatic heterocycles. The van der Waals surface area contributed by atoms with Crippen molar-refractivity contribution in [2.75, 3.05) is 13.1 Å². The normalized spacial score (nSPS) is 17.4. The Bertz CT molecular complexity index is 1070. The summed E-state index contributed by atoms with van der Waals surface area (Å²) in [5.74, 6) is -4.60. The van der Waals surface area contributed by atoms with Crippen molar-refractivity contribution < 1.29 is 27.9 Å². The van der Waals surface area contributed by atoms with Gasteiger partial charge in [0.15, 0.2) is 17.3 Å². The molecule has 2 heterocycles. The maximum atomic E-state index is 13.4. The van der Waals surface area contributed by atoms with E-state index >= 15 is 0 Å². The van der Waals surface area contributed by atoms with Gasteiger partial charge in [-0.25, -0.2) is 18.8 Å². The van der Waals surface area contributed by atoms with Gasteiger partial charge in [0.1, 0.15) is 18.8 Å². The maximum Gasteiger partial charge on any atom is 0.264 e. The fourth-order valence-corrected chi connectivity index (χ4v) is 3.66. The Morgan fingerprint density at radius 2 is 1.78 bits per heavy atom. The van der Waals surface area contributed by atoms with Crippen molar-refractivity contribution in [2.45, 2.75) is 33.1 Å². The van der Waals surface area contributed by atoms with Crippen LogP contribution in [0.4, 0.5) is 8.78 Å². The molecule has 7 nitrogen and oxygen atoms in total. The largest absolute Gasteiger partial charge is 0.436 e. The van der Waals surface area contributed by atoms with Crippen LogP contribution in [0.5, 0.6) is 5.75 Å². The van der Waals surface area contributed by atoms with Crippen molar-refractivity contribution in [1.82, 2.24) is 5.01 Å². The van der Waals surface area contributed by atoms with Crippen LogP contribution in [0, 0.1) is 5.92 Å². The van der Waals surface area contributed by atoms with Gasteiger partial charge < -0.3 is 4.74 Å². The number of hydrazone groups is 1. The molecule has 0 N–H and O–H groups in total. The number of carbonyl (C=O) groups excluding carboxylic acids is 3. The summed E-state index contributed by atoms with van der Waals surface area (Å²) in [5.41, 5.74) is 0.485. The number of amides is 1. The number of ether oxygens (including phenoxy) is 1. The number of hydrogen-bond donors (Lipinski definition) is 0. The van der Waals surface area contributed by atoms with Gasteiger partial charge in [-0.2, -0.15) is 5.10 Å². The van der Waals surface area contributed by atoms with Crippen LogP contribution in [0.1, 0.15) is 32.8 Å². The van der Waals surface area contributed by atoms with E-state index in [0.29, 0.717) is 17.5 Å². The predicted octanol–water partition coefficient (Wildman–Crippen LogP) is 4.10.